The second kappa shape index (κ2) is 8.25. The van der Waals surface area contributed by atoms with Gasteiger partial charge in [-0.3, -0.25) is 4.79 Å². The van der Waals surface area contributed by atoms with Gasteiger partial charge in [-0.05, 0) is 62.4 Å². The number of halogens is 1. The van der Waals surface area contributed by atoms with E-state index in [2.05, 4.69) is 15.4 Å². The van der Waals surface area contributed by atoms with Crippen molar-refractivity contribution >= 4 is 17.5 Å². The molecule has 3 aromatic rings. The molecule has 2 aromatic heterocycles. The maximum Gasteiger partial charge on any atom is 0.251 e. The molecule has 6 nitrogen and oxygen atoms in total. The van der Waals surface area contributed by atoms with Gasteiger partial charge in [-0.1, -0.05) is 17.7 Å². The van der Waals surface area contributed by atoms with Crippen LogP contribution in [0.25, 0.3) is 5.69 Å². The van der Waals surface area contributed by atoms with E-state index in [1.54, 1.807) is 23.0 Å². The highest BCUT2D eigenvalue weighted by atomic mass is 35.5. The number of amides is 1. The van der Waals surface area contributed by atoms with Crippen LogP contribution in [0.4, 0.5) is 0 Å². The van der Waals surface area contributed by atoms with Crippen molar-refractivity contribution < 1.29 is 9.53 Å². The maximum absolute atomic E-state index is 12.4. The molecule has 1 aliphatic rings. The number of carbonyl (C=O) groups is 1. The van der Waals surface area contributed by atoms with Crippen molar-refractivity contribution in [3.05, 3.63) is 70.1 Å². The predicted molar refractivity (Wildman–Crippen MR) is 112 cm³/mol. The van der Waals surface area contributed by atoms with Crippen molar-refractivity contribution in [1.82, 2.24) is 20.1 Å². The zero-order valence-electron chi connectivity index (χ0n) is 16.5. The smallest absolute Gasteiger partial charge is 0.251 e. The number of pyridine rings is 1. The molecule has 0 atom stereocenters. The minimum atomic E-state index is -0.142. The summed E-state index contributed by atoms with van der Waals surface area (Å²) in [6.45, 7) is 4.93. The monoisotopic (exact) mass is 410 g/mol. The zero-order valence-corrected chi connectivity index (χ0v) is 17.2. The van der Waals surface area contributed by atoms with Crippen LogP contribution in [-0.4, -0.2) is 27.3 Å². The summed E-state index contributed by atoms with van der Waals surface area (Å²) in [5, 5.41) is 8.00. The summed E-state index contributed by atoms with van der Waals surface area (Å²) in [6.07, 6.45) is 4.23. The number of nitrogens with one attached hydrogen (secondary N) is 1. The Balaban J connectivity index is 1.34. The van der Waals surface area contributed by atoms with E-state index in [-0.39, 0.29) is 5.91 Å². The summed E-state index contributed by atoms with van der Waals surface area (Å²) < 4.78 is 7.41. The fourth-order valence-corrected chi connectivity index (χ4v) is 3.12. The first-order chi connectivity index (χ1) is 14.0. The molecule has 1 saturated carbocycles. The topological polar surface area (TPSA) is 69.0 Å². The molecule has 0 saturated heterocycles. The highest BCUT2D eigenvalue weighted by Crippen LogP contribution is 2.29. The van der Waals surface area contributed by atoms with Gasteiger partial charge in [0.15, 0.2) is 0 Å². The van der Waals surface area contributed by atoms with Gasteiger partial charge >= 0.3 is 0 Å². The number of ether oxygens (including phenoxy) is 1. The molecular formula is C22H23ClN4O2. The van der Waals surface area contributed by atoms with Gasteiger partial charge in [0.25, 0.3) is 5.91 Å². The minimum Gasteiger partial charge on any atom is -0.477 e. The van der Waals surface area contributed by atoms with E-state index in [1.807, 2.05) is 38.1 Å². The molecule has 1 aromatic carbocycles. The number of hydrogen-bond acceptors (Lipinski definition) is 4. The van der Waals surface area contributed by atoms with E-state index in [0.717, 1.165) is 29.2 Å². The summed E-state index contributed by atoms with van der Waals surface area (Å²) in [6, 6.07) is 11.0. The number of rotatable bonds is 7. The van der Waals surface area contributed by atoms with Crippen molar-refractivity contribution in [1.29, 1.82) is 0 Å². The number of carbonyl (C=O) groups excluding carboxylic acids is 1. The van der Waals surface area contributed by atoms with Gasteiger partial charge in [0.1, 0.15) is 0 Å². The average Bonchev–Trinajstić information content (AvgIpc) is 3.54. The predicted octanol–water partition coefficient (Wildman–Crippen LogP) is 4.26. The number of benzene rings is 1. The summed E-state index contributed by atoms with van der Waals surface area (Å²) >= 11 is 6.21. The molecule has 1 amide bonds. The van der Waals surface area contributed by atoms with Gasteiger partial charge in [0.05, 0.1) is 28.7 Å². The van der Waals surface area contributed by atoms with Crippen LogP contribution in [0.1, 0.15) is 40.2 Å². The number of nitrogens with zero attached hydrogens (tertiary/aromatic N) is 3. The molecule has 1 aliphatic carbocycles. The third kappa shape index (κ3) is 4.59. The van der Waals surface area contributed by atoms with Gasteiger partial charge in [0.2, 0.25) is 5.88 Å². The maximum atomic E-state index is 12.4. The van der Waals surface area contributed by atoms with Crippen LogP contribution < -0.4 is 10.1 Å². The Hall–Kier alpha value is -2.86. The Morgan fingerprint density at radius 2 is 1.97 bits per heavy atom. The summed E-state index contributed by atoms with van der Waals surface area (Å²) in [5.74, 6) is 1.18. The summed E-state index contributed by atoms with van der Waals surface area (Å²) in [4.78, 5) is 16.7. The standard InChI is InChI=1S/C22H23ClN4O2/c1-14-21(23)15(2)27(26-14)19-8-6-18(7-9-19)22(28)25-12-17-5-10-20(24-11-17)29-13-16-3-4-16/h5-11,16H,3-4,12-13H2,1-2H3,(H,25,28). The van der Waals surface area contributed by atoms with Crippen LogP contribution in [0.5, 0.6) is 5.88 Å². The van der Waals surface area contributed by atoms with Crippen molar-refractivity contribution in [2.75, 3.05) is 6.61 Å². The molecule has 0 bridgehead atoms. The minimum absolute atomic E-state index is 0.142. The number of hydrogen-bond donors (Lipinski definition) is 1. The van der Waals surface area contributed by atoms with E-state index in [9.17, 15) is 4.79 Å². The quantitative estimate of drug-likeness (QED) is 0.632. The van der Waals surface area contributed by atoms with Crippen LogP contribution in [0.15, 0.2) is 42.6 Å². The first-order valence-electron chi connectivity index (χ1n) is 9.69. The third-order valence-corrected chi connectivity index (χ3v) is 5.54. The molecule has 4 rings (SSSR count). The van der Waals surface area contributed by atoms with E-state index < -0.39 is 0 Å². The highest BCUT2D eigenvalue weighted by Gasteiger charge is 2.22. The van der Waals surface area contributed by atoms with Crippen LogP contribution >= 0.6 is 11.6 Å². The molecule has 0 radical (unpaired) electrons. The number of aromatic nitrogens is 3. The van der Waals surface area contributed by atoms with Crippen LogP contribution in [0.3, 0.4) is 0 Å². The average molecular weight is 411 g/mol. The Kier molecular flexibility index (Phi) is 5.53. The molecule has 7 heteroatoms. The van der Waals surface area contributed by atoms with E-state index >= 15 is 0 Å². The van der Waals surface area contributed by atoms with E-state index in [4.69, 9.17) is 16.3 Å². The molecule has 0 unspecified atom stereocenters. The van der Waals surface area contributed by atoms with Crippen LogP contribution in [0, 0.1) is 19.8 Å². The van der Waals surface area contributed by atoms with Crippen molar-refractivity contribution in [2.45, 2.75) is 33.2 Å². The fraction of sp³-hybridized carbons (Fsp3) is 0.318. The van der Waals surface area contributed by atoms with Gasteiger partial charge < -0.3 is 10.1 Å². The molecule has 1 N–H and O–H groups in total. The van der Waals surface area contributed by atoms with Crippen molar-refractivity contribution in [3.8, 4) is 11.6 Å². The summed E-state index contributed by atoms with van der Waals surface area (Å²) in [5.41, 5.74) is 4.02. The highest BCUT2D eigenvalue weighted by molar-refractivity contribution is 6.31. The van der Waals surface area contributed by atoms with Crippen molar-refractivity contribution in [2.24, 2.45) is 5.92 Å². The summed E-state index contributed by atoms with van der Waals surface area (Å²) in [7, 11) is 0. The molecule has 2 heterocycles. The van der Waals surface area contributed by atoms with Crippen LogP contribution in [-0.2, 0) is 6.54 Å². The normalized spacial score (nSPS) is 13.3. The molecule has 0 spiro atoms. The Morgan fingerprint density at radius 3 is 2.55 bits per heavy atom. The molecule has 150 valence electrons. The first-order valence-corrected chi connectivity index (χ1v) is 10.1. The second-order valence-corrected chi connectivity index (χ2v) is 7.76. The Morgan fingerprint density at radius 1 is 1.21 bits per heavy atom. The lowest BCUT2D eigenvalue weighted by atomic mass is 10.2. The van der Waals surface area contributed by atoms with Gasteiger partial charge in [-0.2, -0.15) is 5.10 Å². The van der Waals surface area contributed by atoms with Crippen molar-refractivity contribution in [3.63, 3.8) is 0 Å². The lowest BCUT2D eigenvalue weighted by molar-refractivity contribution is 0.0951. The first kappa shape index (κ1) is 19.5. The lowest BCUT2D eigenvalue weighted by Gasteiger charge is -2.08. The third-order valence-electron chi connectivity index (χ3n) is 4.99. The van der Waals surface area contributed by atoms with Gasteiger partial charge in [-0.25, -0.2) is 9.67 Å². The number of aryl methyl sites for hydroxylation is 1. The van der Waals surface area contributed by atoms with E-state index in [1.165, 1.54) is 12.8 Å². The lowest BCUT2D eigenvalue weighted by Crippen LogP contribution is -2.22. The Bertz CT molecular complexity index is 1010. The Labute approximate surface area is 174 Å². The van der Waals surface area contributed by atoms with E-state index in [0.29, 0.717) is 28.9 Å². The SMILES string of the molecule is Cc1nn(-c2ccc(C(=O)NCc3ccc(OCC4CC4)nc3)cc2)c(C)c1Cl. The second-order valence-electron chi connectivity index (χ2n) is 7.39. The molecule has 1 fully saturated rings. The molecular weight excluding hydrogens is 388 g/mol. The van der Waals surface area contributed by atoms with Gasteiger partial charge in [0, 0.05) is 24.4 Å². The van der Waals surface area contributed by atoms with Crippen LogP contribution in [0.2, 0.25) is 5.02 Å². The van der Waals surface area contributed by atoms with Gasteiger partial charge in [-0.15, -0.1) is 0 Å². The molecule has 29 heavy (non-hydrogen) atoms. The zero-order chi connectivity index (χ0) is 20.4. The molecule has 0 aliphatic heterocycles. The fourth-order valence-electron chi connectivity index (χ4n) is 3.00. The largest absolute Gasteiger partial charge is 0.477 e.